The molecule has 6 rings (SSSR count). The summed E-state index contributed by atoms with van der Waals surface area (Å²) in [7, 11) is 0. The molecule has 0 aromatic heterocycles. The fourth-order valence-electron chi connectivity index (χ4n) is 7.40. The molecule has 0 radical (unpaired) electrons. The molecule has 1 N–H and O–H groups in total. The summed E-state index contributed by atoms with van der Waals surface area (Å²) < 4.78 is 17.7. The van der Waals surface area contributed by atoms with E-state index in [1.165, 1.54) is 11.1 Å². The third-order valence-electron chi connectivity index (χ3n) is 10.3. The van der Waals surface area contributed by atoms with Crippen LogP contribution in [0.2, 0.25) is 0 Å². The molecule has 2 amide bonds. The minimum Gasteiger partial charge on any atom is -0.489 e. The molecule has 0 saturated carbocycles. The third kappa shape index (κ3) is 9.40. The molecular formula is C46H52N2O6. The number of ether oxygens (including phenoxy) is 3. The molecule has 4 aromatic carbocycles. The van der Waals surface area contributed by atoms with Crippen molar-refractivity contribution in [2.45, 2.75) is 78.0 Å². The van der Waals surface area contributed by atoms with E-state index in [1.807, 2.05) is 120 Å². The Morgan fingerprint density at radius 1 is 0.852 bits per heavy atom. The van der Waals surface area contributed by atoms with Crippen LogP contribution in [0.4, 0.5) is 4.79 Å². The topological polar surface area (TPSA) is 94.2 Å². The molecule has 2 aliphatic rings. The molecule has 0 spiro atoms. The van der Waals surface area contributed by atoms with Gasteiger partial charge in [-0.15, -0.1) is 0 Å². The number of amides is 2. The van der Waals surface area contributed by atoms with Crippen LogP contribution in [0.25, 0.3) is 11.1 Å². The maximum atomic E-state index is 14.5. The van der Waals surface area contributed by atoms with Crippen LogP contribution in [0.5, 0.6) is 5.75 Å². The largest absolute Gasteiger partial charge is 0.489 e. The molecule has 54 heavy (non-hydrogen) atoms. The van der Waals surface area contributed by atoms with Crippen LogP contribution in [0, 0.1) is 11.8 Å². The average Bonchev–Trinajstić information content (AvgIpc) is 3.40. The Labute approximate surface area is 319 Å². The SMILES string of the molecule is CC[C@H](C)[C@@H](C(=O)OC(C)(C)C)N1CCC(CNC(=O)OCC2c3ccccc3-c3ccccc32)=CC(Cc2ccc(OCc3ccccc3)cc2)C1=O. The van der Waals surface area contributed by atoms with Gasteiger partial charge in [-0.3, -0.25) is 4.79 Å². The number of fused-ring (bicyclic) bond motifs is 3. The lowest BCUT2D eigenvalue weighted by atomic mass is 9.93. The maximum absolute atomic E-state index is 14.5. The number of carbonyl (C=O) groups excluding carboxylic acids is 3. The van der Waals surface area contributed by atoms with E-state index in [4.69, 9.17) is 14.2 Å². The highest BCUT2D eigenvalue weighted by Gasteiger charge is 2.40. The fraction of sp³-hybridized carbons (Fsp3) is 0.370. The Morgan fingerprint density at radius 2 is 1.48 bits per heavy atom. The van der Waals surface area contributed by atoms with Crippen LogP contribution < -0.4 is 10.1 Å². The second-order valence-electron chi connectivity index (χ2n) is 15.4. The maximum Gasteiger partial charge on any atom is 0.407 e. The molecule has 282 valence electrons. The number of alkyl carbamates (subject to hydrolysis) is 1. The molecule has 3 atom stereocenters. The number of nitrogens with zero attached hydrogens (tertiary/aromatic N) is 1. The highest BCUT2D eigenvalue weighted by molar-refractivity contribution is 5.88. The molecule has 1 aliphatic carbocycles. The fourth-order valence-corrected chi connectivity index (χ4v) is 7.40. The lowest BCUT2D eigenvalue weighted by Crippen LogP contribution is -2.52. The Bertz CT molecular complexity index is 1900. The molecule has 8 heteroatoms. The van der Waals surface area contributed by atoms with Crippen LogP contribution in [0.1, 0.15) is 75.6 Å². The van der Waals surface area contributed by atoms with Crippen LogP contribution in [0.3, 0.4) is 0 Å². The van der Waals surface area contributed by atoms with Crippen LogP contribution in [-0.2, 0) is 32.1 Å². The van der Waals surface area contributed by atoms with Gasteiger partial charge in [-0.1, -0.05) is 123 Å². The minimum absolute atomic E-state index is 0.0451. The summed E-state index contributed by atoms with van der Waals surface area (Å²) in [5, 5.41) is 2.95. The van der Waals surface area contributed by atoms with Gasteiger partial charge in [0.25, 0.3) is 0 Å². The Kier molecular flexibility index (Phi) is 12.2. The summed E-state index contributed by atoms with van der Waals surface area (Å²) >= 11 is 0. The van der Waals surface area contributed by atoms with E-state index in [1.54, 1.807) is 4.90 Å². The van der Waals surface area contributed by atoms with Crippen molar-refractivity contribution in [3.63, 3.8) is 0 Å². The van der Waals surface area contributed by atoms with E-state index >= 15 is 0 Å². The monoisotopic (exact) mass is 728 g/mol. The smallest absolute Gasteiger partial charge is 0.407 e. The van der Waals surface area contributed by atoms with E-state index in [0.717, 1.165) is 33.6 Å². The first-order valence-electron chi connectivity index (χ1n) is 19.1. The number of hydrogen-bond donors (Lipinski definition) is 1. The van der Waals surface area contributed by atoms with Gasteiger partial charge in [0.15, 0.2) is 0 Å². The van der Waals surface area contributed by atoms with Gasteiger partial charge in [-0.25, -0.2) is 9.59 Å². The van der Waals surface area contributed by atoms with E-state index < -0.39 is 29.6 Å². The summed E-state index contributed by atoms with van der Waals surface area (Å²) in [4.78, 5) is 43.1. The molecule has 1 unspecified atom stereocenters. The number of nitrogens with one attached hydrogen (secondary N) is 1. The third-order valence-corrected chi connectivity index (χ3v) is 10.3. The van der Waals surface area contributed by atoms with Gasteiger partial charge in [-0.05, 0) is 85.0 Å². The predicted octanol–water partition coefficient (Wildman–Crippen LogP) is 8.88. The number of esters is 1. The zero-order valence-corrected chi connectivity index (χ0v) is 32.0. The van der Waals surface area contributed by atoms with E-state index in [2.05, 4.69) is 29.6 Å². The van der Waals surface area contributed by atoms with Crippen molar-refractivity contribution in [3.05, 3.63) is 137 Å². The van der Waals surface area contributed by atoms with Crippen molar-refractivity contribution >= 4 is 18.0 Å². The average molecular weight is 729 g/mol. The number of benzene rings is 4. The molecule has 1 aliphatic heterocycles. The predicted molar refractivity (Wildman–Crippen MR) is 211 cm³/mol. The van der Waals surface area contributed by atoms with Gasteiger partial charge in [0, 0.05) is 19.0 Å². The number of rotatable bonds is 13. The van der Waals surface area contributed by atoms with Crippen molar-refractivity contribution in [1.82, 2.24) is 10.2 Å². The van der Waals surface area contributed by atoms with Gasteiger partial charge in [0.2, 0.25) is 5.91 Å². The summed E-state index contributed by atoms with van der Waals surface area (Å²) in [6.45, 7) is 10.8. The van der Waals surface area contributed by atoms with Crippen molar-refractivity contribution in [1.29, 1.82) is 0 Å². The van der Waals surface area contributed by atoms with E-state index in [-0.39, 0.29) is 30.9 Å². The molecule has 0 saturated heterocycles. The van der Waals surface area contributed by atoms with Crippen molar-refractivity contribution in [3.8, 4) is 16.9 Å². The molecular weight excluding hydrogens is 677 g/mol. The summed E-state index contributed by atoms with van der Waals surface area (Å²) in [5.41, 5.74) is 6.88. The highest BCUT2D eigenvalue weighted by atomic mass is 16.6. The second kappa shape index (κ2) is 17.2. The first-order valence-corrected chi connectivity index (χ1v) is 19.1. The molecule has 4 aromatic rings. The van der Waals surface area contributed by atoms with Crippen LogP contribution in [-0.4, -0.2) is 54.2 Å². The van der Waals surface area contributed by atoms with E-state index in [0.29, 0.717) is 32.4 Å². The number of hydrogen-bond acceptors (Lipinski definition) is 6. The molecule has 0 fully saturated rings. The Balaban J connectivity index is 1.17. The van der Waals surface area contributed by atoms with Gasteiger partial charge in [-0.2, -0.15) is 0 Å². The molecule has 1 heterocycles. The van der Waals surface area contributed by atoms with Gasteiger partial charge < -0.3 is 24.4 Å². The lowest BCUT2D eigenvalue weighted by Gasteiger charge is -2.36. The molecule has 8 nitrogen and oxygen atoms in total. The lowest BCUT2D eigenvalue weighted by molar-refractivity contribution is -0.167. The molecule has 0 bridgehead atoms. The number of carbonyl (C=O) groups is 3. The normalized spacial score (nSPS) is 16.7. The summed E-state index contributed by atoms with van der Waals surface area (Å²) in [5.74, 6) is -0.517. The summed E-state index contributed by atoms with van der Waals surface area (Å²) in [6.07, 6.45) is 3.07. The highest BCUT2D eigenvalue weighted by Crippen LogP contribution is 2.44. The quantitative estimate of drug-likeness (QED) is 0.109. The van der Waals surface area contributed by atoms with E-state index in [9.17, 15) is 14.4 Å². The second-order valence-corrected chi connectivity index (χ2v) is 15.4. The van der Waals surface area contributed by atoms with Crippen LogP contribution in [0.15, 0.2) is 115 Å². The van der Waals surface area contributed by atoms with Crippen molar-refractivity contribution < 1.29 is 28.6 Å². The summed E-state index contributed by atoms with van der Waals surface area (Å²) in [6, 6.07) is 33.5. The van der Waals surface area contributed by atoms with Gasteiger partial charge in [0.1, 0.15) is 30.6 Å². The van der Waals surface area contributed by atoms with Crippen molar-refractivity contribution in [2.24, 2.45) is 11.8 Å². The van der Waals surface area contributed by atoms with Gasteiger partial charge >= 0.3 is 12.1 Å². The minimum atomic E-state index is -0.735. The standard InChI is InChI=1S/C46H52N2O6/c1-6-31(2)42(44(50)54-46(3,4)5)48-25-24-34(27-35(43(48)49)26-32-20-22-36(23-21-32)52-29-33-14-8-7-9-15-33)28-47-45(51)53-30-41-39-18-12-10-16-37(39)38-17-11-13-19-40(38)41/h7-23,27,31,35,41-42H,6,24-26,28-30H2,1-5H3,(H,47,51)/t31-,35?,42-/m0/s1. The van der Waals surface area contributed by atoms with Crippen molar-refractivity contribution in [2.75, 3.05) is 19.7 Å². The first kappa shape index (κ1) is 38.4. The Morgan fingerprint density at radius 3 is 2.11 bits per heavy atom. The zero-order valence-electron chi connectivity index (χ0n) is 32.0. The van der Waals surface area contributed by atoms with Crippen LogP contribution >= 0.6 is 0 Å². The first-order chi connectivity index (χ1) is 26.0. The van der Waals surface area contributed by atoms with Gasteiger partial charge in [0.05, 0.1) is 5.92 Å². The zero-order chi connectivity index (χ0) is 38.2. The Hall–Kier alpha value is -5.37.